The number of benzene rings is 3. The van der Waals surface area contributed by atoms with Gasteiger partial charge in [-0.2, -0.15) is 5.10 Å². The van der Waals surface area contributed by atoms with Gasteiger partial charge in [-0.15, -0.1) is 0 Å². The number of aromatic hydroxyl groups is 1. The fourth-order valence-electron chi connectivity index (χ4n) is 4.73. The number of rotatable bonds is 24. The molecule has 3 N–H and O–H groups in total. The molecule has 0 bridgehead atoms. The van der Waals surface area contributed by atoms with Crippen LogP contribution in [0.2, 0.25) is 10.0 Å². The predicted octanol–water partition coefficient (Wildman–Crippen LogP) is 6.27. The van der Waals surface area contributed by atoms with E-state index in [1.165, 1.54) is 17.7 Å². The molecule has 3 rings (SSSR count). The molecule has 0 aliphatic carbocycles. The maximum atomic E-state index is 13.7. The minimum atomic E-state index is -0.339. The monoisotopic (exact) mass is 776 g/mol. The third-order valence-corrected chi connectivity index (χ3v) is 8.29. The van der Waals surface area contributed by atoms with E-state index in [9.17, 15) is 9.90 Å². The molecule has 0 aromatic heterocycles. The van der Waals surface area contributed by atoms with Gasteiger partial charge in [0, 0.05) is 20.1 Å². The van der Waals surface area contributed by atoms with Crippen LogP contribution < -0.4 is 10.7 Å². The quantitative estimate of drug-likeness (QED) is 0.0315. The molecule has 3 aromatic rings. The number of carbonyl (C=O) groups is 1. The summed E-state index contributed by atoms with van der Waals surface area (Å²) in [5.74, 6) is -0.501. The molecule has 14 heteroatoms. The first-order chi connectivity index (χ1) is 25.6. The number of amidine groups is 1. The number of hydrogen-bond acceptors (Lipinski definition) is 10. The summed E-state index contributed by atoms with van der Waals surface area (Å²) in [5, 5.41) is 17.1. The van der Waals surface area contributed by atoms with Crippen LogP contribution in [0.3, 0.4) is 0 Å². The van der Waals surface area contributed by atoms with E-state index in [0.717, 1.165) is 11.1 Å². The lowest BCUT2D eigenvalue weighted by atomic mass is 9.87. The van der Waals surface area contributed by atoms with Crippen molar-refractivity contribution in [3.8, 4) is 5.75 Å². The van der Waals surface area contributed by atoms with Gasteiger partial charge in [0.2, 0.25) is 5.84 Å². The van der Waals surface area contributed by atoms with Crippen LogP contribution in [0.1, 0.15) is 37.5 Å². The molecule has 0 unspecified atom stereocenters. The van der Waals surface area contributed by atoms with E-state index in [4.69, 9.17) is 51.6 Å². The summed E-state index contributed by atoms with van der Waals surface area (Å²) in [6, 6.07) is 21.2. The van der Waals surface area contributed by atoms with Crippen molar-refractivity contribution in [1.82, 2.24) is 10.2 Å². The number of nitrogens with one attached hydrogen (secondary N) is 2. The first-order valence-electron chi connectivity index (χ1n) is 17.7. The maximum Gasteiger partial charge on any atom is 0.291 e. The Morgan fingerprint density at radius 3 is 1.70 bits per heavy atom. The second-order valence-corrected chi connectivity index (χ2v) is 13.7. The molecule has 0 atom stereocenters. The number of phenols is 1. The van der Waals surface area contributed by atoms with Crippen LogP contribution >= 0.6 is 23.2 Å². The standard InChI is InChI=1S/C39H54Cl2N4O8/c1-39(2,3)32-12-10-30(11-13-32)28-45(38(47)37(42-4)44-43-33-26-34(40)36(46)35(41)27-33)14-15-48-16-17-49-18-19-50-20-21-51-22-23-52-24-25-53-29-31-8-6-5-7-9-31/h5-13,26-27,43,46H,14-25,28-29H2,1-4H3,(H,42,44). The lowest BCUT2D eigenvalue weighted by molar-refractivity contribution is -0.125. The summed E-state index contributed by atoms with van der Waals surface area (Å²) in [6.07, 6.45) is 0. The zero-order valence-electron chi connectivity index (χ0n) is 31.2. The lowest BCUT2D eigenvalue weighted by Gasteiger charge is -2.24. The molecule has 12 nitrogen and oxygen atoms in total. The van der Waals surface area contributed by atoms with Gasteiger partial charge >= 0.3 is 0 Å². The fourth-order valence-corrected chi connectivity index (χ4v) is 5.22. The Morgan fingerprint density at radius 1 is 0.717 bits per heavy atom. The summed E-state index contributed by atoms with van der Waals surface area (Å²) < 4.78 is 33.6. The number of hydrazone groups is 1. The number of hydrogen-bond donors (Lipinski definition) is 3. The maximum absolute atomic E-state index is 13.7. The molecule has 0 fully saturated rings. The highest BCUT2D eigenvalue weighted by Crippen LogP contribution is 2.34. The second kappa shape index (κ2) is 24.8. The highest BCUT2D eigenvalue weighted by Gasteiger charge is 2.21. The third-order valence-electron chi connectivity index (χ3n) is 7.71. The number of anilines is 1. The molecular weight excluding hydrogens is 723 g/mol. The molecule has 0 aliphatic heterocycles. The Morgan fingerprint density at radius 2 is 1.21 bits per heavy atom. The van der Waals surface area contributed by atoms with Gasteiger partial charge in [0.1, 0.15) is 0 Å². The van der Waals surface area contributed by atoms with Gasteiger partial charge in [-0.3, -0.25) is 10.2 Å². The predicted molar refractivity (Wildman–Crippen MR) is 209 cm³/mol. The van der Waals surface area contributed by atoms with Crippen LogP contribution in [0.4, 0.5) is 5.69 Å². The number of halogens is 2. The Hall–Kier alpha value is -3.46. The largest absolute Gasteiger partial charge is 0.505 e. The Labute approximate surface area is 323 Å². The molecule has 292 valence electrons. The number of likely N-dealkylation sites (N-methyl/N-ethyl adjacent to an activating group) is 1. The summed E-state index contributed by atoms with van der Waals surface area (Å²) in [4.78, 5) is 15.3. The van der Waals surface area contributed by atoms with Crippen LogP contribution in [0.15, 0.2) is 71.8 Å². The summed E-state index contributed by atoms with van der Waals surface area (Å²) in [7, 11) is 1.61. The fraction of sp³-hybridized carbons (Fsp3) is 0.487. The third kappa shape index (κ3) is 17.5. The molecular formula is C39H54Cl2N4O8. The van der Waals surface area contributed by atoms with Crippen LogP contribution in [-0.2, 0) is 51.8 Å². The number of phenolic OH excluding ortho intramolecular Hbond substituents is 1. The topological polar surface area (TPSA) is 132 Å². The SMILES string of the molecule is CN/C(=N\Nc1cc(Cl)c(O)c(Cl)c1)C(=O)N(CCOCCOCCOCCOCCOCCOCc1ccccc1)Cc1ccc(C(C)(C)C)cc1. The average Bonchev–Trinajstić information content (AvgIpc) is 3.14. The van der Waals surface area contributed by atoms with Gasteiger partial charge < -0.3 is 43.7 Å². The van der Waals surface area contributed by atoms with Crippen molar-refractivity contribution in [2.45, 2.75) is 39.3 Å². The molecule has 0 aliphatic rings. The van der Waals surface area contributed by atoms with E-state index in [-0.39, 0.29) is 33.0 Å². The van der Waals surface area contributed by atoms with Gasteiger partial charge in [0.25, 0.3) is 5.91 Å². The van der Waals surface area contributed by atoms with Crippen molar-refractivity contribution >= 4 is 40.6 Å². The Kier molecular flexibility index (Phi) is 20.5. The number of ether oxygens (including phenoxy) is 6. The molecule has 0 spiro atoms. The van der Waals surface area contributed by atoms with Crippen molar-refractivity contribution in [3.05, 3.63) is 93.5 Å². The molecule has 0 saturated carbocycles. The zero-order chi connectivity index (χ0) is 38.3. The Balaban J connectivity index is 1.31. The minimum Gasteiger partial charge on any atom is -0.505 e. The normalized spacial score (nSPS) is 11.8. The number of amides is 1. The van der Waals surface area contributed by atoms with Crippen molar-refractivity contribution < 1.29 is 38.3 Å². The molecule has 0 radical (unpaired) electrons. The van der Waals surface area contributed by atoms with Gasteiger partial charge in [-0.25, -0.2) is 0 Å². The summed E-state index contributed by atoms with van der Waals surface area (Å²) in [5.41, 5.74) is 6.51. The van der Waals surface area contributed by atoms with Gasteiger partial charge in [-0.05, 0) is 34.2 Å². The van der Waals surface area contributed by atoms with Crippen LogP contribution in [0.5, 0.6) is 5.75 Å². The molecule has 1 amide bonds. The average molecular weight is 778 g/mol. The number of nitrogens with zero attached hydrogens (tertiary/aromatic N) is 2. The first kappa shape index (κ1) is 43.9. The van der Waals surface area contributed by atoms with Crippen LogP contribution in [-0.4, -0.2) is 108 Å². The van der Waals surface area contributed by atoms with Crippen LogP contribution in [0, 0.1) is 0 Å². The number of carbonyl (C=O) groups excluding carboxylic acids is 1. The molecule has 3 aromatic carbocycles. The Bertz CT molecular complexity index is 1480. The highest BCUT2D eigenvalue weighted by molar-refractivity contribution is 6.38. The lowest BCUT2D eigenvalue weighted by Crippen LogP contribution is -2.43. The van der Waals surface area contributed by atoms with Gasteiger partial charge in [-0.1, -0.05) is 98.6 Å². The van der Waals surface area contributed by atoms with E-state index in [2.05, 4.69) is 48.7 Å². The van der Waals surface area contributed by atoms with Crippen molar-refractivity contribution in [2.75, 3.05) is 91.7 Å². The highest BCUT2D eigenvalue weighted by atomic mass is 35.5. The van der Waals surface area contributed by atoms with E-state index >= 15 is 0 Å². The van der Waals surface area contributed by atoms with E-state index < -0.39 is 0 Å². The zero-order valence-corrected chi connectivity index (χ0v) is 32.7. The molecule has 53 heavy (non-hydrogen) atoms. The van der Waals surface area contributed by atoms with E-state index in [0.29, 0.717) is 98.1 Å². The van der Waals surface area contributed by atoms with Crippen LogP contribution in [0.25, 0.3) is 0 Å². The van der Waals surface area contributed by atoms with E-state index in [1.54, 1.807) is 11.9 Å². The summed E-state index contributed by atoms with van der Waals surface area (Å²) in [6.45, 7) is 12.6. The van der Waals surface area contributed by atoms with Gasteiger partial charge in [0.05, 0.1) is 95.0 Å². The summed E-state index contributed by atoms with van der Waals surface area (Å²) >= 11 is 12.1. The van der Waals surface area contributed by atoms with Crippen molar-refractivity contribution in [3.63, 3.8) is 0 Å². The minimum absolute atomic E-state index is 0.0115. The van der Waals surface area contributed by atoms with Crippen molar-refractivity contribution in [1.29, 1.82) is 0 Å². The smallest absolute Gasteiger partial charge is 0.291 e. The van der Waals surface area contributed by atoms with Gasteiger partial charge in [0.15, 0.2) is 5.75 Å². The second-order valence-electron chi connectivity index (χ2n) is 12.9. The molecule has 0 saturated heterocycles. The van der Waals surface area contributed by atoms with E-state index in [1.807, 2.05) is 42.5 Å². The first-order valence-corrected chi connectivity index (χ1v) is 18.4. The molecule has 0 heterocycles. The van der Waals surface area contributed by atoms with Crippen molar-refractivity contribution in [2.24, 2.45) is 5.10 Å².